The van der Waals surface area contributed by atoms with Gasteiger partial charge in [0.15, 0.2) is 0 Å². The first-order chi connectivity index (χ1) is 6.65. The first-order valence-electron chi connectivity index (χ1n) is 5.58. The van der Waals surface area contributed by atoms with E-state index in [0.717, 1.165) is 12.1 Å². The molecule has 0 saturated carbocycles. The standard InChI is InChI=1S/C8H15N.C3H6O2/c1-9-7-3-2-4-8(9)6-5-7;1-2-3(4)5/h7-8H,2-6H2,1H3;2H2,1H3,(H,4,5)/t7-,8+;. The van der Waals surface area contributed by atoms with Crippen molar-refractivity contribution in [3.05, 3.63) is 0 Å². The third-order valence-electron chi connectivity index (χ3n) is 3.36. The van der Waals surface area contributed by atoms with Crippen LogP contribution in [0.15, 0.2) is 0 Å². The molecule has 2 rings (SSSR count). The molecular weight excluding hydrogens is 178 g/mol. The number of carbonyl (C=O) groups is 1. The van der Waals surface area contributed by atoms with Crippen LogP contribution >= 0.6 is 0 Å². The molecule has 0 radical (unpaired) electrons. The van der Waals surface area contributed by atoms with Crippen molar-refractivity contribution in [3.8, 4) is 0 Å². The minimum absolute atomic E-state index is 0.222. The molecule has 2 atom stereocenters. The fourth-order valence-electron chi connectivity index (χ4n) is 2.38. The van der Waals surface area contributed by atoms with E-state index < -0.39 is 5.97 Å². The molecule has 2 aliphatic rings. The van der Waals surface area contributed by atoms with Crippen molar-refractivity contribution in [1.29, 1.82) is 0 Å². The molecule has 0 amide bonds. The van der Waals surface area contributed by atoms with Gasteiger partial charge in [0, 0.05) is 18.5 Å². The second-order valence-electron chi connectivity index (χ2n) is 4.23. The number of fused-ring (bicyclic) bond motifs is 2. The second kappa shape index (κ2) is 5.35. The molecule has 2 heterocycles. The Morgan fingerprint density at radius 2 is 1.71 bits per heavy atom. The lowest BCUT2D eigenvalue weighted by molar-refractivity contribution is -0.136. The largest absolute Gasteiger partial charge is 0.481 e. The van der Waals surface area contributed by atoms with Gasteiger partial charge in [0.25, 0.3) is 0 Å². The lowest BCUT2D eigenvalue weighted by Crippen LogP contribution is -2.35. The van der Waals surface area contributed by atoms with Crippen LogP contribution in [0.4, 0.5) is 0 Å². The molecule has 2 fully saturated rings. The Hall–Kier alpha value is -0.570. The Bertz CT molecular complexity index is 178. The van der Waals surface area contributed by atoms with Gasteiger partial charge in [-0.25, -0.2) is 0 Å². The zero-order valence-corrected chi connectivity index (χ0v) is 9.20. The highest BCUT2D eigenvalue weighted by atomic mass is 16.4. The summed E-state index contributed by atoms with van der Waals surface area (Å²) < 4.78 is 0. The first kappa shape index (κ1) is 11.5. The SMILES string of the molecule is CCC(=O)O.CN1[C@@H]2CCC[C@H]1CC2. The lowest BCUT2D eigenvalue weighted by atomic mass is 10.0. The summed E-state index contributed by atoms with van der Waals surface area (Å²) >= 11 is 0. The van der Waals surface area contributed by atoms with Crippen LogP contribution in [0.1, 0.15) is 45.4 Å². The molecule has 2 saturated heterocycles. The predicted molar refractivity (Wildman–Crippen MR) is 56.4 cm³/mol. The Kier molecular flexibility index (Phi) is 4.39. The van der Waals surface area contributed by atoms with E-state index in [0.29, 0.717) is 0 Å². The van der Waals surface area contributed by atoms with Crippen molar-refractivity contribution in [2.75, 3.05) is 7.05 Å². The molecule has 2 aliphatic heterocycles. The first-order valence-corrected chi connectivity index (χ1v) is 5.58. The van der Waals surface area contributed by atoms with E-state index in [-0.39, 0.29) is 6.42 Å². The van der Waals surface area contributed by atoms with Crippen molar-refractivity contribution >= 4 is 5.97 Å². The highest BCUT2D eigenvalue weighted by Gasteiger charge is 2.33. The molecule has 2 bridgehead atoms. The molecular formula is C11H21NO2. The van der Waals surface area contributed by atoms with Crippen LogP contribution in [-0.4, -0.2) is 35.1 Å². The maximum absolute atomic E-state index is 9.37. The van der Waals surface area contributed by atoms with Gasteiger partial charge < -0.3 is 10.0 Å². The summed E-state index contributed by atoms with van der Waals surface area (Å²) in [5, 5.41) is 7.72. The van der Waals surface area contributed by atoms with Gasteiger partial charge in [-0.3, -0.25) is 4.79 Å². The van der Waals surface area contributed by atoms with Gasteiger partial charge in [-0.05, 0) is 32.7 Å². The molecule has 0 aromatic heterocycles. The summed E-state index contributed by atoms with van der Waals surface area (Å²) in [7, 11) is 2.29. The minimum atomic E-state index is -0.745. The summed E-state index contributed by atoms with van der Waals surface area (Å²) in [6.45, 7) is 1.60. The topological polar surface area (TPSA) is 40.5 Å². The lowest BCUT2D eigenvalue weighted by Gasteiger charge is -2.30. The normalized spacial score (nSPS) is 30.7. The van der Waals surface area contributed by atoms with Crippen LogP contribution in [0.3, 0.4) is 0 Å². The molecule has 3 heteroatoms. The summed E-state index contributed by atoms with van der Waals surface area (Å²) in [4.78, 5) is 12.0. The molecule has 0 unspecified atom stereocenters. The molecule has 0 aromatic carbocycles. The van der Waals surface area contributed by atoms with E-state index in [1.807, 2.05) is 0 Å². The predicted octanol–water partition coefficient (Wildman–Crippen LogP) is 2.11. The quantitative estimate of drug-likeness (QED) is 0.703. The number of piperidine rings is 1. The van der Waals surface area contributed by atoms with Crippen LogP contribution in [0, 0.1) is 0 Å². The molecule has 82 valence electrons. The average molecular weight is 199 g/mol. The summed E-state index contributed by atoms with van der Waals surface area (Å²) in [6.07, 6.45) is 7.59. The van der Waals surface area contributed by atoms with Gasteiger partial charge in [0.1, 0.15) is 0 Å². The highest BCUT2D eigenvalue weighted by Crippen LogP contribution is 2.33. The van der Waals surface area contributed by atoms with E-state index in [4.69, 9.17) is 5.11 Å². The minimum Gasteiger partial charge on any atom is -0.481 e. The third-order valence-corrected chi connectivity index (χ3v) is 3.36. The summed E-state index contributed by atoms with van der Waals surface area (Å²) in [5.41, 5.74) is 0. The molecule has 0 spiro atoms. The highest BCUT2D eigenvalue weighted by molar-refractivity contribution is 5.66. The number of hydrogen-bond acceptors (Lipinski definition) is 2. The number of carboxylic acid groups (broad SMARTS) is 1. The van der Waals surface area contributed by atoms with Gasteiger partial charge in [0.05, 0.1) is 0 Å². The van der Waals surface area contributed by atoms with Gasteiger partial charge in [-0.1, -0.05) is 13.3 Å². The van der Waals surface area contributed by atoms with Crippen LogP contribution in [-0.2, 0) is 4.79 Å². The molecule has 0 aliphatic carbocycles. The van der Waals surface area contributed by atoms with Crippen LogP contribution in [0.5, 0.6) is 0 Å². The van der Waals surface area contributed by atoms with Crippen molar-refractivity contribution in [3.63, 3.8) is 0 Å². The Morgan fingerprint density at radius 1 is 1.29 bits per heavy atom. The van der Waals surface area contributed by atoms with Crippen molar-refractivity contribution in [1.82, 2.24) is 4.90 Å². The molecule has 0 aromatic rings. The smallest absolute Gasteiger partial charge is 0.303 e. The van der Waals surface area contributed by atoms with E-state index in [1.165, 1.54) is 32.1 Å². The van der Waals surface area contributed by atoms with Gasteiger partial charge in [-0.2, -0.15) is 0 Å². The van der Waals surface area contributed by atoms with E-state index in [2.05, 4.69) is 11.9 Å². The van der Waals surface area contributed by atoms with E-state index >= 15 is 0 Å². The van der Waals surface area contributed by atoms with Crippen molar-refractivity contribution in [2.24, 2.45) is 0 Å². The monoisotopic (exact) mass is 199 g/mol. The van der Waals surface area contributed by atoms with Gasteiger partial charge >= 0.3 is 5.97 Å². The average Bonchev–Trinajstić information content (AvgIpc) is 2.44. The fraction of sp³-hybridized carbons (Fsp3) is 0.909. The number of rotatable bonds is 1. The fourth-order valence-corrected chi connectivity index (χ4v) is 2.38. The Morgan fingerprint density at radius 3 is 2.00 bits per heavy atom. The zero-order chi connectivity index (χ0) is 10.6. The maximum atomic E-state index is 9.37. The molecule has 3 nitrogen and oxygen atoms in total. The second-order valence-corrected chi connectivity index (χ2v) is 4.23. The Balaban J connectivity index is 0.000000171. The van der Waals surface area contributed by atoms with E-state index in [9.17, 15) is 4.79 Å². The number of carboxylic acids is 1. The number of hydrogen-bond donors (Lipinski definition) is 1. The van der Waals surface area contributed by atoms with Crippen molar-refractivity contribution in [2.45, 2.75) is 57.5 Å². The van der Waals surface area contributed by atoms with Gasteiger partial charge in [-0.15, -0.1) is 0 Å². The molecule has 1 N–H and O–H groups in total. The van der Waals surface area contributed by atoms with Crippen LogP contribution < -0.4 is 0 Å². The van der Waals surface area contributed by atoms with Gasteiger partial charge in [0.2, 0.25) is 0 Å². The summed E-state index contributed by atoms with van der Waals surface area (Å²) in [6, 6.07) is 1.92. The van der Waals surface area contributed by atoms with Crippen molar-refractivity contribution < 1.29 is 9.90 Å². The molecule has 14 heavy (non-hydrogen) atoms. The summed E-state index contributed by atoms with van der Waals surface area (Å²) in [5.74, 6) is -0.745. The number of nitrogens with zero attached hydrogens (tertiary/aromatic N) is 1. The van der Waals surface area contributed by atoms with Crippen LogP contribution in [0.2, 0.25) is 0 Å². The number of aliphatic carboxylic acids is 1. The third kappa shape index (κ3) is 2.98. The maximum Gasteiger partial charge on any atom is 0.303 e. The van der Waals surface area contributed by atoms with Crippen LogP contribution in [0.25, 0.3) is 0 Å². The van der Waals surface area contributed by atoms with E-state index in [1.54, 1.807) is 6.92 Å². The Labute approximate surface area is 86.1 Å². The zero-order valence-electron chi connectivity index (χ0n) is 9.20.